The molecule has 2 aromatic rings. The number of halogens is 1. The van der Waals surface area contributed by atoms with Gasteiger partial charge in [0.05, 0.1) is 6.61 Å². The second-order valence-corrected chi connectivity index (χ2v) is 5.59. The highest BCUT2D eigenvalue weighted by Crippen LogP contribution is 2.39. The van der Waals surface area contributed by atoms with E-state index in [9.17, 15) is 4.39 Å². The van der Waals surface area contributed by atoms with E-state index in [1.807, 2.05) is 25.2 Å². The minimum absolute atomic E-state index is 0.170. The predicted octanol–water partition coefficient (Wildman–Crippen LogP) is 3.70. The zero-order chi connectivity index (χ0) is 14.7. The molecular weight excluding hydrogens is 265 g/mol. The van der Waals surface area contributed by atoms with Gasteiger partial charge in [-0.3, -0.25) is 0 Å². The number of rotatable bonds is 5. The van der Waals surface area contributed by atoms with Crippen LogP contribution in [0.3, 0.4) is 0 Å². The smallest absolute Gasteiger partial charge is 0.123 e. The lowest BCUT2D eigenvalue weighted by Crippen LogP contribution is -2.20. The summed E-state index contributed by atoms with van der Waals surface area (Å²) in [6, 6.07) is 15.1. The molecule has 0 amide bonds. The van der Waals surface area contributed by atoms with Gasteiger partial charge in [-0.1, -0.05) is 30.3 Å². The highest BCUT2D eigenvalue weighted by molar-refractivity contribution is 5.40. The second kappa shape index (κ2) is 6.27. The van der Waals surface area contributed by atoms with E-state index in [0.29, 0.717) is 5.92 Å². The van der Waals surface area contributed by atoms with Crippen LogP contribution in [0.2, 0.25) is 0 Å². The topological polar surface area (TPSA) is 21.3 Å². The molecule has 0 aliphatic carbocycles. The molecule has 0 spiro atoms. The van der Waals surface area contributed by atoms with Crippen LogP contribution in [-0.4, -0.2) is 20.2 Å². The Morgan fingerprint density at radius 2 is 2.10 bits per heavy atom. The minimum Gasteiger partial charge on any atom is -0.493 e. The number of nitrogens with one attached hydrogen (secondary N) is 1. The Bertz CT molecular complexity index is 614. The van der Waals surface area contributed by atoms with Gasteiger partial charge >= 0.3 is 0 Å². The zero-order valence-electron chi connectivity index (χ0n) is 12.2. The molecule has 21 heavy (non-hydrogen) atoms. The van der Waals surface area contributed by atoms with Crippen molar-refractivity contribution in [1.29, 1.82) is 0 Å². The van der Waals surface area contributed by atoms with Gasteiger partial charge in [-0.15, -0.1) is 0 Å². The van der Waals surface area contributed by atoms with E-state index in [4.69, 9.17) is 4.74 Å². The predicted molar refractivity (Wildman–Crippen MR) is 82.4 cm³/mol. The molecule has 3 heteroatoms. The molecule has 2 atom stereocenters. The van der Waals surface area contributed by atoms with Crippen LogP contribution in [0.4, 0.5) is 4.39 Å². The van der Waals surface area contributed by atoms with Crippen molar-refractivity contribution in [3.8, 4) is 5.75 Å². The van der Waals surface area contributed by atoms with Crippen LogP contribution < -0.4 is 10.1 Å². The van der Waals surface area contributed by atoms with Gasteiger partial charge in [-0.2, -0.15) is 0 Å². The maximum absolute atomic E-state index is 13.5. The molecular formula is C18H20FNO. The maximum atomic E-state index is 13.5. The molecule has 1 heterocycles. The van der Waals surface area contributed by atoms with Gasteiger partial charge in [0, 0.05) is 18.0 Å². The number of fused-ring (bicyclic) bond motifs is 1. The third-order valence-corrected chi connectivity index (χ3v) is 4.14. The fraction of sp³-hybridized carbons (Fsp3) is 0.333. The van der Waals surface area contributed by atoms with Crippen LogP contribution in [-0.2, 0) is 0 Å². The summed E-state index contributed by atoms with van der Waals surface area (Å²) >= 11 is 0. The molecule has 0 saturated heterocycles. The first kappa shape index (κ1) is 14.1. The summed E-state index contributed by atoms with van der Waals surface area (Å²) in [6.07, 6.45) is 0.960. The number of ether oxygens (including phenoxy) is 1. The molecule has 0 radical (unpaired) electrons. The van der Waals surface area contributed by atoms with Gasteiger partial charge < -0.3 is 10.1 Å². The van der Waals surface area contributed by atoms with Crippen molar-refractivity contribution in [3.05, 3.63) is 65.5 Å². The Morgan fingerprint density at radius 3 is 2.90 bits per heavy atom. The van der Waals surface area contributed by atoms with Crippen LogP contribution in [0.25, 0.3) is 0 Å². The third-order valence-electron chi connectivity index (χ3n) is 4.14. The van der Waals surface area contributed by atoms with E-state index in [1.165, 1.54) is 11.6 Å². The quantitative estimate of drug-likeness (QED) is 0.904. The average molecular weight is 285 g/mol. The molecule has 2 unspecified atom stereocenters. The summed E-state index contributed by atoms with van der Waals surface area (Å²) in [6.45, 7) is 1.55. The summed E-state index contributed by atoms with van der Waals surface area (Å²) in [7, 11) is 1.94. The number of hydrogen-bond acceptors (Lipinski definition) is 2. The van der Waals surface area contributed by atoms with Crippen molar-refractivity contribution in [2.24, 2.45) is 0 Å². The van der Waals surface area contributed by atoms with Crippen molar-refractivity contribution >= 4 is 0 Å². The zero-order valence-corrected chi connectivity index (χ0v) is 12.2. The maximum Gasteiger partial charge on any atom is 0.123 e. The van der Waals surface area contributed by atoms with Gasteiger partial charge in [0.2, 0.25) is 0 Å². The lowest BCUT2D eigenvalue weighted by atomic mass is 9.86. The lowest BCUT2D eigenvalue weighted by Gasteiger charge is -2.20. The number of para-hydroxylation sites is 1. The molecule has 0 aromatic heterocycles. The monoisotopic (exact) mass is 285 g/mol. The first-order chi connectivity index (χ1) is 10.3. The summed E-state index contributed by atoms with van der Waals surface area (Å²) in [5.74, 6) is 1.48. The third kappa shape index (κ3) is 3.08. The van der Waals surface area contributed by atoms with E-state index in [1.54, 1.807) is 12.1 Å². The van der Waals surface area contributed by atoms with E-state index in [-0.39, 0.29) is 11.7 Å². The Labute approximate surface area is 125 Å². The van der Waals surface area contributed by atoms with Crippen molar-refractivity contribution in [2.45, 2.75) is 18.3 Å². The molecule has 0 fully saturated rings. The van der Waals surface area contributed by atoms with E-state index >= 15 is 0 Å². The second-order valence-electron chi connectivity index (χ2n) is 5.59. The van der Waals surface area contributed by atoms with Gasteiger partial charge in [-0.05, 0) is 43.1 Å². The Kier molecular flexibility index (Phi) is 4.20. The standard InChI is InChI=1S/C18H20FNO/c1-20-11-14(13-5-4-6-16(19)10-13)9-15-12-21-18-8-3-2-7-17(15)18/h2-8,10,14-15,20H,9,11-12H2,1H3. The normalized spacial score (nSPS) is 18.1. The number of hydrogen-bond donors (Lipinski definition) is 1. The van der Waals surface area contributed by atoms with Crippen molar-refractivity contribution in [3.63, 3.8) is 0 Å². The fourth-order valence-corrected chi connectivity index (χ4v) is 3.11. The van der Waals surface area contributed by atoms with Crippen LogP contribution in [0.1, 0.15) is 29.4 Å². The Morgan fingerprint density at radius 1 is 1.24 bits per heavy atom. The number of likely N-dealkylation sites (N-methyl/N-ethyl adjacent to an activating group) is 1. The van der Waals surface area contributed by atoms with Gasteiger partial charge in [0.25, 0.3) is 0 Å². The molecule has 1 aliphatic heterocycles. The van der Waals surface area contributed by atoms with Crippen LogP contribution >= 0.6 is 0 Å². The number of benzene rings is 2. The molecule has 2 aromatic carbocycles. The molecule has 1 aliphatic rings. The summed E-state index contributed by atoms with van der Waals surface area (Å²) < 4.78 is 19.2. The lowest BCUT2D eigenvalue weighted by molar-refractivity contribution is 0.317. The summed E-state index contributed by atoms with van der Waals surface area (Å²) in [4.78, 5) is 0. The molecule has 1 N–H and O–H groups in total. The SMILES string of the molecule is CNCC(CC1COc2ccccc21)c1cccc(F)c1. The van der Waals surface area contributed by atoms with Crippen LogP contribution in [0, 0.1) is 5.82 Å². The summed E-state index contributed by atoms with van der Waals surface area (Å²) in [5.41, 5.74) is 2.32. The van der Waals surface area contributed by atoms with E-state index in [0.717, 1.165) is 30.9 Å². The first-order valence-corrected chi connectivity index (χ1v) is 7.39. The highest BCUT2D eigenvalue weighted by Gasteiger charge is 2.27. The van der Waals surface area contributed by atoms with Crippen molar-refractivity contribution < 1.29 is 9.13 Å². The molecule has 0 bridgehead atoms. The molecule has 3 rings (SSSR count). The Hall–Kier alpha value is -1.87. The summed E-state index contributed by atoms with van der Waals surface area (Å²) in [5, 5.41) is 3.22. The van der Waals surface area contributed by atoms with Crippen LogP contribution in [0.15, 0.2) is 48.5 Å². The Balaban J connectivity index is 1.80. The molecule has 110 valence electrons. The van der Waals surface area contributed by atoms with E-state index < -0.39 is 0 Å². The van der Waals surface area contributed by atoms with Gasteiger partial charge in [0.15, 0.2) is 0 Å². The minimum atomic E-state index is -0.170. The molecule has 0 saturated carbocycles. The first-order valence-electron chi connectivity index (χ1n) is 7.39. The average Bonchev–Trinajstić information content (AvgIpc) is 2.90. The van der Waals surface area contributed by atoms with Gasteiger partial charge in [-0.25, -0.2) is 4.39 Å². The highest BCUT2D eigenvalue weighted by atomic mass is 19.1. The largest absolute Gasteiger partial charge is 0.493 e. The van der Waals surface area contributed by atoms with Crippen molar-refractivity contribution in [1.82, 2.24) is 5.32 Å². The van der Waals surface area contributed by atoms with Gasteiger partial charge in [0.1, 0.15) is 11.6 Å². The molecule has 2 nitrogen and oxygen atoms in total. The fourth-order valence-electron chi connectivity index (χ4n) is 3.11. The van der Waals surface area contributed by atoms with E-state index in [2.05, 4.69) is 17.4 Å². The van der Waals surface area contributed by atoms with Crippen LogP contribution in [0.5, 0.6) is 5.75 Å². The van der Waals surface area contributed by atoms with Crippen molar-refractivity contribution in [2.75, 3.05) is 20.2 Å².